The van der Waals surface area contributed by atoms with E-state index >= 15 is 0 Å². The van der Waals surface area contributed by atoms with Crippen LogP contribution in [0.2, 0.25) is 0 Å². The number of aromatic carboxylic acids is 1. The third-order valence-corrected chi connectivity index (χ3v) is 4.07. The lowest BCUT2D eigenvalue weighted by Crippen LogP contribution is -2.17. The van der Waals surface area contributed by atoms with Crippen molar-refractivity contribution in [1.82, 2.24) is 0 Å². The van der Waals surface area contributed by atoms with Crippen LogP contribution in [0.15, 0.2) is 30.3 Å². The monoisotopic (exact) mass is 424 g/mol. The molecule has 156 valence electrons. The van der Waals surface area contributed by atoms with Crippen LogP contribution in [0.5, 0.6) is 17.2 Å². The topological polar surface area (TPSA) is 55.8 Å². The van der Waals surface area contributed by atoms with Crippen molar-refractivity contribution in [3.8, 4) is 17.2 Å². The van der Waals surface area contributed by atoms with Crippen LogP contribution in [0, 0.1) is 5.82 Å². The highest BCUT2D eigenvalue weighted by molar-refractivity contribution is 5.91. The van der Waals surface area contributed by atoms with Gasteiger partial charge in [0, 0.05) is 5.56 Å². The van der Waals surface area contributed by atoms with E-state index in [4.69, 9.17) is 9.84 Å². The Morgan fingerprint density at radius 2 is 1.62 bits per heavy atom. The number of ether oxygens (including phenoxy) is 2. The lowest BCUT2D eigenvalue weighted by Gasteiger charge is -2.17. The van der Waals surface area contributed by atoms with Crippen molar-refractivity contribution in [1.29, 1.82) is 0 Å². The van der Waals surface area contributed by atoms with Gasteiger partial charge in [0.15, 0.2) is 5.82 Å². The summed E-state index contributed by atoms with van der Waals surface area (Å²) in [5.74, 6) is -5.57. The number of halogens is 7. The first-order chi connectivity index (χ1) is 13.4. The maximum atomic E-state index is 14.2. The van der Waals surface area contributed by atoms with E-state index in [0.29, 0.717) is 25.0 Å². The molecule has 0 amide bonds. The molecule has 0 radical (unpaired) electrons. The minimum absolute atomic E-state index is 0.108. The molecular weight excluding hydrogens is 413 g/mol. The average Bonchev–Trinajstić information content (AvgIpc) is 3.38. The smallest absolute Gasteiger partial charge is 0.477 e. The second-order valence-corrected chi connectivity index (χ2v) is 6.23. The Hall–Kier alpha value is -2.98. The molecule has 0 spiro atoms. The number of rotatable bonds is 5. The minimum Gasteiger partial charge on any atom is -0.477 e. The van der Waals surface area contributed by atoms with Crippen LogP contribution in [0.1, 0.15) is 40.2 Å². The summed E-state index contributed by atoms with van der Waals surface area (Å²) in [7, 11) is 0. The summed E-state index contributed by atoms with van der Waals surface area (Å²) in [6.07, 6.45) is -8.84. The molecule has 2 aromatic rings. The largest absolute Gasteiger partial charge is 0.573 e. The van der Waals surface area contributed by atoms with E-state index in [1.165, 1.54) is 0 Å². The van der Waals surface area contributed by atoms with Crippen LogP contribution >= 0.6 is 0 Å². The lowest BCUT2D eigenvalue weighted by atomic mass is 10.1. The summed E-state index contributed by atoms with van der Waals surface area (Å²) in [5.41, 5.74) is -2.88. The van der Waals surface area contributed by atoms with Gasteiger partial charge in [0.2, 0.25) is 0 Å². The van der Waals surface area contributed by atoms with Crippen LogP contribution < -0.4 is 9.47 Å². The van der Waals surface area contributed by atoms with Gasteiger partial charge in [-0.15, -0.1) is 13.2 Å². The molecule has 1 saturated carbocycles. The predicted octanol–water partition coefficient (Wildman–Crippen LogP) is 6.11. The number of carboxylic acid groups (broad SMARTS) is 1. The molecule has 11 heteroatoms. The third-order valence-electron chi connectivity index (χ3n) is 4.07. The molecule has 1 aliphatic carbocycles. The number of carboxylic acids is 1. The summed E-state index contributed by atoms with van der Waals surface area (Å²) in [6.45, 7) is 0. The van der Waals surface area contributed by atoms with Crippen LogP contribution in [-0.2, 0) is 6.18 Å². The zero-order chi connectivity index (χ0) is 21.6. The predicted molar refractivity (Wildman–Crippen MR) is 83.5 cm³/mol. The normalized spacial score (nSPS) is 14.6. The second-order valence-electron chi connectivity index (χ2n) is 6.23. The zero-order valence-electron chi connectivity index (χ0n) is 14.2. The molecule has 1 aliphatic rings. The molecule has 4 nitrogen and oxygen atoms in total. The maximum absolute atomic E-state index is 14.2. The van der Waals surface area contributed by atoms with Gasteiger partial charge in [-0.05, 0) is 49.1 Å². The minimum atomic E-state index is -5.12. The molecule has 1 N–H and O–H groups in total. The quantitative estimate of drug-likeness (QED) is 0.589. The van der Waals surface area contributed by atoms with Crippen molar-refractivity contribution in [3.05, 3.63) is 52.8 Å². The fourth-order valence-electron chi connectivity index (χ4n) is 2.71. The fourth-order valence-corrected chi connectivity index (χ4v) is 2.71. The van der Waals surface area contributed by atoms with Crippen LogP contribution in [0.25, 0.3) is 0 Å². The molecule has 0 aromatic heterocycles. The molecule has 1 fully saturated rings. The Balaban J connectivity index is 2.02. The van der Waals surface area contributed by atoms with E-state index in [9.17, 15) is 35.5 Å². The molecule has 0 bridgehead atoms. The van der Waals surface area contributed by atoms with Crippen LogP contribution in [-0.4, -0.2) is 17.4 Å². The van der Waals surface area contributed by atoms with Crippen LogP contribution in [0.3, 0.4) is 0 Å². The molecule has 0 unspecified atom stereocenters. The zero-order valence-corrected chi connectivity index (χ0v) is 14.2. The van der Waals surface area contributed by atoms with Gasteiger partial charge in [-0.25, -0.2) is 9.18 Å². The molecule has 29 heavy (non-hydrogen) atoms. The van der Waals surface area contributed by atoms with Gasteiger partial charge in [0.05, 0.1) is 5.56 Å². The van der Waals surface area contributed by atoms with Crippen molar-refractivity contribution >= 4 is 5.97 Å². The van der Waals surface area contributed by atoms with E-state index in [2.05, 4.69) is 4.74 Å². The highest BCUT2D eigenvalue weighted by atomic mass is 19.4. The number of hydrogen-bond donors (Lipinski definition) is 1. The van der Waals surface area contributed by atoms with Gasteiger partial charge in [-0.2, -0.15) is 13.2 Å². The van der Waals surface area contributed by atoms with Crippen molar-refractivity contribution < 1.29 is 50.1 Å². The summed E-state index contributed by atoms with van der Waals surface area (Å²) in [5, 5.41) is 9.14. The Morgan fingerprint density at radius 1 is 1.00 bits per heavy atom. The SMILES string of the molecule is O=C(O)c1c(Oc2ccc(OC(F)(F)F)cc2C2CC2)ccc(C(F)(F)F)c1F. The Labute approximate surface area is 158 Å². The highest BCUT2D eigenvalue weighted by Gasteiger charge is 2.38. The first-order valence-corrected chi connectivity index (χ1v) is 8.07. The molecule has 2 aromatic carbocycles. The first kappa shape index (κ1) is 20.7. The molecular formula is C18H11F7O4. The lowest BCUT2D eigenvalue weighted by molar-refractivity contribution is -0.274. The van der Waals surface area contributed by atoms with E-state index < -0.39 is 47.0 Å². The van der Waals surface area contributed by atoms with Gasteiger partial charge in [-0.1, -0.05) is 0 Å². The highest BCUT2D eigenvalue weighted by Crippen LogP contribution is 2.47. The van der Waals surface area contributed by atoms with Gasteiger partial charge in [0.25, 0.3) is 0 Å². The van der Waals surface area contributed by atoms with Gasteiger partial charge < -0.3 is 14.6 Å². The van der Waals surface area contributed by atoms with Crippen molar-refractivity contribution in [2.75, 3.05) is 0 Å². The van der Waals surface area contributed by atoms with Crippen molar-refractivity contribution in [2.45, 2.75) is 31.3 Å². The maximum Gasteiger partial charge on any atom is 0.573 e. The number of alkyl halides is 6. The Morgan fingerprint density at radius 3 is 2.14 bits per heavy atom. The number of benzene rings is 2. The first-order valence-electron chi connectivity index (χ1n) is 8.07. The Bertz CT molecular complexity index is 946. The van der Waals surface area contributed by atoms with E-state index in [1.807, 2.05) is 0 Å². The fraction of sp³-hybridized carbons (Fsp3) is 0.278. The van der Waals surface area contributed by atoms with E-state index in [0.717, 1.165) is 18.2 Å². The summed E-state index contributed by atoms with van der Waals surface area (Å²) in [4.78, 5) is 11.3. The Kier molecular flexibility index (Phi) is 5.10. The second kappa shape index (κ2) is 7.12. The van der Waals surface area contributed by atoms with E-state index in [1.54, 1.807) is 0 Å². The molecule has 3 rings (SSSR count). The van der Waals surface area contributed by atoms with Gasteiger partial charge in [0.1, 0.15) is 22.8 Å². The summed E-state index contributed by atoms with van der Waals surface area (Å²) < 4.78 is 99.0. The van der Waals surface area contributed by atoms with Crippen molar-refractivity contribution in [2.24, 2.45) is 0 Å². The van der Waals surface area contributed by atoms with Crippen molar-refractivity contribution in [3.63, 3.8) is 0 Å². The molecule has 0 saturated heterocycles. The summed E-state index contributed by atoms with van der Waals surface area (Å²) >= 11 is 0. The molecule has 0 heterocycles. The molecule has 0 atom stereocenters. The third kappa shape index (κ3) is 4.72. The summed E-state index contributed by atoms with van der Waals surface area (Å²) in [6, 6.07) is 3.97. The van der Waals surface area contributed by atoms with Crippen LogP contribution in [0.4, 0.5) is 30.7 Å². The standard InChI is InChI=1S/C18H11F7O4/c19-15-11(17(20,21)22)4-6-13(14(15)16(26)27)28-12-5-3-9(29-18(23,24)25)7-10(12)8-1-2-8/h3-8H,1-2H2,(H,26,27). The van der Waals surface area contributed by atoms with E-state index in [-0.39, 0.29) is 17.2 Å². The molecule has 0 aliphatic heterocycles. The van der Waals surface area contributed by atoms with Gasteiger partial charge in [-0.3, -0.25) is 0 Å². The van der Waals surface area contributed by atoms with Gasteiger partial charge >= 0.3 is 18.5 Å². The average molecular weight is 424 g/mol. The number of hydrogen-bond acceptors (Lipinski definition) is 3. The number of carbonyl (C=O) groups is 1.